The number of rotatable bonds is 6. The maximum absolute atomic E-state index is 5.44. The van der Waals surface area contributed by atoms with E-state index < -0.39 is 0 Å². The van der Waals surface area contributed by atoms with E-state index in [4.69, 9.17) is 4.42 Å². The summed E-state index contributed by atoms with van der Waals surface area (Å²) >= 11 is 0. The quantitative estimate of drug-likeness (QED) is 0.779. The van der Waals surface area contributed by atoms with Crippen molar-refractivity contribution >= 4 is 0 Å². The van der Waals surface area contributed by atoms with Crippen molar-refractivity contribution in [3.8, 4) is 0 Å². The zero-order valence-corrected chi connectivity index (χ0v) is 11.1. The lowest BCUT2D eigenvalue weighted by molar-refractivity contribution is 0.217. The van der Waals surface area contributed by atoms with Gasteiger partial charge < -0.3 is 8.98 Å². The number of hydrogen-bond acceptors (Lipinski definition) is 5. The van der Waals surface area contributed by atoms with Crippen molar-refractivity contribution in [3.63, 3.8) is 0 Å². The van der Waals surface area contributed by atoms with Crippen LogP contribution in [0.1, 0.15) is 31.2 Å². The van der Waals surface area contributed by atoms with E-state index in [0.29, 0.717) is 11.8 Å². The molecule has 98 valence electrons. The second-order valence-corrected chi connectivity index (χ2v) is 4.47. The van der Waals surface area contributed by atoms with Crippen molar-refractivity contribution in [2.45, 2.75) is 32.9 Å². The van der Waals surface area contributed by atoms with E-state index in [2.05, 4.69) is 38.6 Å². The highest BCUT2D eigenvalue weighted by atomic mass is 16.4. The summed E-state index contributed by atoms with van der Waals surface area (Å²) in [5.74, 6) is 1.29. The highest BCUT2D eigenvalue weighted by Gasteiger charge is 2.16. The third-order valence-corrected chi connectivity index (χ3v) is 3.05. The minimum atomic E-state index is 0.147. The third-order valence-electron chi connectivity index (χ3n) is 3.05. The summed E-state index contributed by atoms with van der Waals surface area (Å²) in [4.78, 5) is 6.23. The fourth-order valence-corrected chi connectivity index (χ4v) is 1.78. The van der Waals surface area contributed by atoms with E-state index >= 15 is 0 Å². The first-order valence-corrected chi connectivity index (χ1v) is 6.13. The molecule has 0 saturated heterocycles. The molecule has 0 bridgehead atoms. The lowest BCUT2D eigenvalue weighted by Gasteiger charge is -2.21. The van der Waals surface area contributed by atoms with Crippen LogP contribution in [0.15, 0.2) is 23.1 Å². The maximum Gasteiger partial charge on any atom is 0.233 e. The average molecular weight is 249 g/mol. The molecule has 2 rings (SSSR count). The van der Waals surface area contributed by atoms with Crippen LogP contribution >= 0.6 is 0 Å². The molecule has 0 aliphatic heterocycles. The maximum atomic E-state index is 5.44. The normalized spacial score (nSPS) is 13.1. The van der Waals surface area contributed by atoms with E-state index in [0.717, 1.165) is 19.5 Å². The molecule has 0 amide bonds. The van der Waals surface area contributed by atoms with Gasteiger partial charge in [-0.05, 0) is 20.4 Å². The van der Waals surface area contributed by atoms with Crippen LogP contribution in [0.4, 0.5) is 0 Å². The number of hydrogen-bond donors (Lipinski definition) is 0. The van der Waals surface area contributed by atoms with E-state index in [9.17, 15) is 0 Å². The summed E-state index contributed by atoms with van der Waals surface area (Å²) < 4.78 is 7.52. The smallest absolute Gasteiger partial charge is 0.233 e. The van der Waals surface area contributed by atoms with Crippen molar-refractivity contribution < 1.29 is 4.42 Å². The summed E-state index contributed by atoms with van der Waals surface area (Å²) in [7, 11) is 2.07. The van der Waals surface area contributed by atoms with Crippen LogP contribution < -0.4 is 0 Å². The highest BCUT2D eigenvalue weighted by molar-refractivity contribution is 4.87. The Balaban J connectivity index is 1.79. The fraction of sp³-hybridized carbons (Fsp3) is 0.583. The SMILES string of the molecule is Cc1nnc([C@@H](C)N(C)CCCn2ccnc2)o1. The van der Waals surface area contributed by atoms with Crippen molar-refractivity contribution in [2.75, 3.05) is 13.6 Å². The lowest BCUT2D eigenvalue weighted by Crippen LogP contribution is -2.24. The van der Waals surface area contributed by atoms with Crippen LogP contribution in [0.5, 0.6) is 0 Å². The Morgan fingerprint density at radius 2 is 2.28 bits per heavy atom. The van der Waals surface area contributed by atoms with Gasteiger partial charge in [-0.2, -0.15) is 0 Å². The fourth-order valence-electron chi connectivity index (χ4n) is 1.78. The Labute approximate surface area is 107 Å². The van der Waals surface area contributed by atoms with Crippen molar-refractivity contribution in [1.82, 2.24) is 24.6 Å². The summed E-state index contributed by atoms with van der Waals surface area (Å²) in [6, 6.07) is 0.147. The Morgan fingerprint density at radius 3 is 2.89 bits per heavy atom. The molecule has 2 aromatic rings. The molecule has 0 saturated carbocycles. The van der Waals surface area contributed by atoms with Gasteiger partial charge in [-0.25, -0.2) is 4.98 Å². The lowest BCUT2D eigenvalue weighted by atomic mass is 10.2. The van der Waals surface area contributed by atoms with Gasteiger partial charge in [-0.3, -0.25) is 4.90 Å². The molecular weight excluding hydrogens is 230 g/mol. The third kappa shape index (κ3) is 3.16. The van der Waals surface area contributed by atoms with Gasteiger partial charge in [0, 0.05) is 32.4 Å². The number of aryl methyl sites for hydroxylation is 2. The Hall–Kier alpha value is -1.69. The topological polar surface area (TPSA) is 60.0 Å². The van der Waals surface area contributed by atoms with Crippen LogP contribution in [0.3, 0.4) is 0 Å². The highest BCUT2D eigenvalue weighted by Crippen LogP contribution is 2.17. The standard InChI is InChI=1S/C12H19N5O/c1-10(12-15-14-11(2)18-12)16(3)6-4-7-17-8-5-13-9-17/h5,8-10H,4,6-7H2,1-3H3/t10-/m1/s1. The van der Waals surface area contributed by atoms with Gasteiger partial charge in [0.2, 0.25) is 11.8 Å². The van der Waals surface area contributed by atoms with Crippen LogP contribution in [-0.2, 0) is 6.54 Å². The minimum absolute atomic E-state index is 0.147. The number of aromatic nitrogens is 4. The second kappa shape index (κ2) is 5.77. The molecule has 1 atom stereocenters. The molecule has 0 spiro atoms. The van der Waals surface area contributed by atoms with Crippen LogP contribution in [-0.4, -0.2) is 38.2 Å². The van der Waals surface area contributed by atoms with Crippen LogP contribution in [0.2, 0.25) is 0 Å². The Kier molecular flexibility index (Phi) is 4.09. The van der Waals surface area contributed by atoms with Crippen LogP contribution in [0.25, 0.3) is 0 Å². The van der Waals surface area contributed by atoms with Gasteiger partial charge in [-0.15, -0.1) is 10.2 Å². The van der Waals surface area contributed by atoms with Gasteiger partial charge in [0.15, 0.2) is 0 Å². The van der Waals surface area contributed by atoms with Crippen LogP contribution in [0, 0.1) is 6.92 Å². The molecule has 18 heavy (non-hydrogen) atoms. The summed E-state index contributed by atoms with van der Waals surface area (Å²) in [6.45, 7) is 5.83. The first-order valence-electron chi connectivity index (χ1n) is 6.13. The molecule has 6 heteroatoms. The van der Waals surface area contributed by atoms with Crippen molar-refractivity contribution in [1.29, 1.82) is 0 Å². The molecular formula is C12H19N5O. The Bertz CT molecular complexity index is 465. The number of nitrogens with zero attached hydrogens (tertiary/aromatic N) is 5. The van der Waals surface area contributed by atoms with E-state index in [1.807, 2.05) is 19.4 Å². The molecule has 2 aromatic heterocycles. The van der Waals surface area contributed by atoms with E-state index in [1.165, 1.54) is 0 Å². The van der Waals surface area contributed by atoms with Gasteiger partial charge in [-0.1, -0.05) is 0 Å². The molecule has 0 radical (unpaired) electrons. The zero-order valence-electron chi connectivity index (χ0n) is 11.1. The predicted molar refractivity (Wildman–Crippen MR) is 66.9 cm³/mol. The molecule has 0 fully saturated rings. The molecule has 0 aromatic carbocycles. The van der Waals surface area contributed by atoms with E-state index in [-0.39, 0.29) is 6.04 Å². The molecule has 0 unspecified atom stereocenters. The van der Waals surface area contributed by atoms with Crippen molar-refractivity contribution in [2.24, 2.45) is 0 Å². The van der Waals surface area contributed by atoms with Gasteiger partial charge >= 0.3 is 0 Å². The summed E-state index contributed by atoms with van der Waals surface area (Å²) in [5.41, 5.74) is 0. The minimum Gasteiger partial charge on any atom is -0.424 e. The monoisotopic (exact) mass is 249 g/mol. The average Bonchev–Trinajstić information content (AvgIpc) is 2.99. The molecule has 0 aliphatic carbocycles. The molecule has 0 N–H and O–H groups in total. The van der Waals surface area contributed by atoms with Gasteiger partial charge in [0.05, 0.1) is 12.4 Å². The van der Waals surface area contributed by atoms with E-state index in [1.54, 1.807) is 6.20 Å². The molecule has 2 heterocycles. The predicted octanol–water partition coefficient (Wildman–Crippen LogP) is 1.66. The number of imidazole rings is 1. The van der Waals surface area contributed by atoms with Crippen molar-refractivity contribution in [3.05, 3.63) is 30.5 Å². The summed E-state index contributed by atoms with van der Waals surface area (Å²) in [5, 5.41) is 7.91. The second-order valence-electron chi connectivity index (χ2n) is 4.47. The van der Waals surface area contributed by atoms with Gasteiger partial charge in [0.25, 0.3) is 0 Å². The Morgan fingerprint density at radius 1 is 1.44 bits per heavy atom. The molecule has 0 aliphatic rings. The van der Waals surface area contributed by atoms with Gasteiger partial charge in [0.1, 0.15) is 0 Å². The molecule has 6 nitrogen and oxygen atoms in total. The first kappa shape index (κ1) is 12.8. The summed E-state index contributed by atoms with van der Waals surface area (Å²) in [6.07, 6.45) is 6.67. The first-order chi connectivity index (χ1) is 8.66. The largest absolute Gasteiger partial charge is 0.424 e. The zero-order chi connectivity index (χ0) is 13.0.